The fraction of sp³-hybridized carbons (Fsp3) is 0.467. The van der Waals surface area contributed by atoms with Crippen LogP contribution in [0.4, 0.5) is 0 Å². The van der Waals surface area contributed by atoms with E-state index in [1.807, 2.05) is 38.1 Å². The van der Waals surface area contributed by atoms with Gasteiger partial charge in [-0.3, -0.25) is 9.59 Å². The number of rotatable bonds is 5. The van der Waals surface area contributed by atoms with Crippen molar-refractivity contribution in [2.75, 3.05) is 0 Å². The number of carbonyl (C=O) groups excluding carboxylic acids is 1. The fourth-order valence-electron chi connectivity index (χ4n) is 1.92. The van der Waals surface area contributed by atoms with Crippen molar-refractivity contribution in [3.05, 3.63) is 35.4 Å². The Morgan fingerprint density at radius 2 is 1.89 bits per heavy atom. The molecule has 4 heteroatoms. The molecule has 2 N–H and O–H groups in total. The predicted octanol–water partition coefficient (Wildman–Crippen LogP) is 2.67. The molecule has 0 aliphatic heterocycles. The van der Waals surface area contributed by atoms with Crippen LogP contribution in [0, 0.1) is 12.3 Å². The summed E-state index contributed by atoms with van der Waals surface area (Å²) in [6.07, 6.45) is -0.0292. The minimum absolute atomic E-state index is 0.0292. The monoisotopic (exact) mass is 263 g/mol. The minimum Gasteiger partial charge on any atom is -0.481 e. The van der Waals surface area contributed by atoms with Crippen LogP contribution in [0.25, 0.3) is 0 Å². The number of carboxylic acid groups (broad SMARTS) is 1. The molecular formula is C15H21NO3. The summed E-state index contributed by atoms with van der Waals surface area (Å²) < 4.78 is 0. The van der Waals surface area contributed by atoms with Crippen LogP contribution in [-0.2, 0) is 9.59 Å². The molecule has 1 amide bonds. The van der Waals surface area contributed by atoms with Crippen molar-refractivity contribution in [2.45, 2.75) is 40.2 Å². The Balaban J connectivity index is 2.68. The van der Waals surface area contributed by atoms with Crippen molar-refractivity contribution in [1.82, 2.24) is 5.32 Å². The first-order valence-corrected chi connectivity index (χ1v) is 6.32. The van der Waals surface area contributed by atoms with Gasteiger partial charge in [0.05, 0.1) is 11.5 Å². The highest BCUT2D eigenvalue weighted by Crippen LogP contribution is 2.22. The summed E-state index contributed by atoms with van der Waals surface area (Å²) in [4.78, 5) is 22.9. The van der Waals surface area contributed by atoms with Crippen LogP contribution in [-0.4, -0.2) is 17.0 Å². The first-order valence-electron chi connectivity index (χ1n) is 6.32. The van der Waals surface area contributed by atoms with E-state index >= 15 is 0 Å². The number of hydrogen-bond acceptors (Lipinski definition) is 2. The number of amides is 1. The molecule has 0 aromatic heterocycles. The van der Waals surface area contributed by atoms with E-state index in [1.54, 1.807) is 13.8 Å². The Labute approximate surface area is 113 Å². The zero-order valence-corrected chi connectivity index (χ0v) is 11.9. The summed E-state index contributed by atoms with van der Waals surface area (Å²) in [6.45, 7) is 6.98. The Kier molecular flexibility index (Phi) is 4.70. The van der Waals surface area contributed by atoms with Gasteiger partial charge in [0.1, 0.15) is 0 Å². The Morgan fingerprint density at radius 3 is 2.42 bits per heavy atom. The molecule has 0 radical (unpaired) electrons. The molecule has 19 heavy (non-hydrogen) atoms. The van der Waals surface area contributed by atoms with Gasteiger partial charge in [-0.1, -0.05) is 24.3 Å². The molecule has 0 saturated carbocycles. The number of carbonyl (C=O) groups is 2. The van der Waals surface area contributed by atoms with Crippen LogP contribution >= 0.6 is 0 Å². The van der Waals surface area contributed by atoms with Crippen molar-refractivity contribution in [3.63, 3.8) is 0 Å². The average Bonchev–Trinajstić information content (AvgIpc) is 2.28. The van der Waals surface area contributed by atoms with Gasteiger partial charge < -0.3 is 10.4 Å². The van der Waals surface area contributed by atoms with Gasteiger partial charge in [0.2, 0.25) is 5.91 Å². The summed E-state index contributed by atoms with van der Waals surface area (Å²) in [6, 6.07) is 7.69. The van der Waals surface area contributed by atoms with E-state index in [4.69, 9.17) is 5.11 Å². The number of nitrogens with one attached hydrogen (secondary N) is 1. The third-order valence-electron chi connectivity index (χ3n) is 3.21. The maximum absolute atomic E-state index is 11.9. The smallest absolute Gasteiger partial charge is 0.309 e. The molecule has 0 heterocycles. The van der Waals surface area contributed by atoms with Crippen molar-refractivity contribution >= 4 is 11.9 Å². The maximum Gasteiger partial charge on any atom is 0.309 e. The van der Waals surface area contributed by atoms with Gasteiger partial charge in [0.15, 0.2) is 0 Å². The van der Waals surface area contributed by atoms with E-state index in [1.165, 1.54) is 0 Å². The number of aryl methyl sites for hydroxylation is 1. The number of benzene rings is 1. The molecule has 1 aromatic rings. The van der Waals surface area contributed by atoms with Crippen molar-refractivity contribution in [2.24, 2.45) is 5.41 Å². The number of aliphatic carboxylic acids is 1. The average molecular weight is 263 g/mol. The van der Waals surface area contributed by atoms with E-state index in [2.05, 4.69) is 5.32 Å². The molecule has 0 aliphatic carbocycles. The van der Waals surface area contributed by atoms with Crippen LogP contribution in [0.3, 0.4) is 0 Å². The Bertz CT molecular complexity index is 480. The molecule has 0 saturated heterocycles. The summed E-state index contributed by atoms with van der Waals surface area (Å²) in [5.74, 6) is -1.21. The zero-order chi connectivity index (χ0) is 14.6. The van der Waals surface area contributed by atoms with Crippen LogP contribution in [0.5, 0.6) is 0 Å². The predicted molar refractivity (Wildman–Crippen MR) is 73.8 cm³/mol. The molecule has 1 rings (SSSR count). The van der Waals surface area contributed by atoms with Crippen LogP contribution < -0.4 is 5.32 Å². The van der Waals surface area contributed by atoms with Gasteiger partial charge in [-0.25, -0.2) is 0 Å². The minimum atomic E-state index is -1.05. The van der Waals surface area contributed by atoms with Crippen LogP contribution in [0.15, 0.2) is 24.3 Å². The summed E-state index contributed by atoms with van der Waals surface area (Å²) in [5.41, 5.74) is 1.10. The SMILES string of the molecule is Cc1ccccc1C(C)NC(=O)CC(C)(C)C(=O)O. The lowest BCUT2D eigenvalue weighted by Crippen LogP contribution is -2.34. The van der Waals surface area contributed by atoms with Gasteiger partial charge in [-0.2, -0.15) is 0 Å². The van der Waals surface area contributed by atoms with Gasteiger partial charge >= 0.3 is 5.97 Å². The molecule has 1 unspecified atom stereocenters. The first-order chi connectivity index (χ1) is 8.74. The number of hydrogen-bond donors (Lipinski definition) is 2. The van der Waals surface area contributed by atoms with Crippen LogP contribution in [0.2, 0.25) is 0 Å². The Morgan fingerprint density at radius 1 is 1.32 bits per heavy atom. The van der Waals surface area contributed by atoms with E-state index < -0.39 is 11.4 Å². The normalized spacial score (nSPS) is 12.8. The van der Waals surface area contributed by atoms with Crippen molar-refractivity contribution in [3.8, 4) is 0 Å². The quantitative estimate of drug-likeness (QED) is 0.858. The second kappa shape index (κ2) is 5.87. The number of carboxylic acids is 1. The third-order valence-corrected chi connectivity index (χ3v) is 3.21. The molecule has 4 nitrogen and oxygen atoms in total. The van der Waals surface area contributed by atoms with Crippen molar-refractivity contribution < 1.29 is 14.7 Å². The van der Waals surface area contributed by atoms with E-state index in [-0.39, 0.29) is 18.4 Å². The lowest BCUT2D eigenvalue weighted by Gasteiger charge is -2.21. The fourth-order valence-corrected chi connectivity index (χ4v) is 1.92. The summed E-state index contributed by atoms with van der Waals surface area (Å²) in [5, 5.41) is 11.9. The lowest BCUT2D eigenvalue weighted by atomic mass is 9.89. The highest BCUT2D eigenvalue weighted by Gasteiger charge is 2.30. The summed E-state index contributed by atoms with van der Waals surface area (Å²) >= 11 is 0. The molecule has 1 atom stereocenters. The van der Waals surface area contributed by atoms with Gasteiger partial charge in [0.25, 0.3) is 0 Å². The van der Waals surface area contributed by atoms with Gasteiger partial charge in [-0.05, 0) is 38.8 Å². The van der Waals surface area contributed by atoms with Crippen LogP contribution in [0.1, 0.15) is 44.4 Å². The second-order valence-corrected chi connectivity index (χ2v) is 5.51. The topological polar surface area (TPSA) is 66.4 Å². The maximum atomic E-state index is 11.9. The standard InChI is InChI=1S/C15H21NO3/c1-10-7-5-6-8-12(10)11(2)16-13(17)9-15(3,4)14(18)19/h5-8,11H,9H2,1-4H3,(H,16,17)(H,18,19). The molecular weight excluding hydrogens is 242 g/mol. The van der Waals surface area contributed by atoms with E-state index in [9.17, 15) is 9.59 Å². The van der Waals surface area contributed by atoms with Crippen molar-refractivity contribution in [1.29, 1.82) is 0 Å². The molecule has 0 spiro atoms. The highest BCUT2D eigenvalue weighted by molar-refractivity contribution is 5.84. The zero-order valence-electron chi connectivity index (χ0n) is 11.9. The second-order valence-electron chi connectivity index (χ2n) is 5.51. The molecule has 0 bridgehead atoms. The van der Waals surface area contributed by atoms with Gasteiger partial charge in [-0.15, -0.1) is 0 Å². The molecule has 0 aliphatic rings. The van der Waals surface area contributed by atoms with E-state index in [0.717, 1.165) is 11.1 Å². The lowest BCUT2D eigenvalue weighted by molar-refractivity contribution is -0.149. The molecule has 104 valence electrons. The largest absolute Gasteiger partial charge is 0.481 e. The Hall–Kier alpha value is -1.84. The first kappa shape index (κ1) is 15.2. The molecule has 1 aromatic carbocycles. The highest BCUT2D eigenvalue weighted by atomic mass is 16.4. The third kappa shape index (κ3) is 4.09. The van der Waals surface area contributed by atoms with Gasteiger partial charge in [0, 0.05) is 6.42 Å². The van der Waals surface area contributed by atoms with E-state index in [0.29, 0.717) is 0 Å². The molecule has 0 fully saturated rings. The summed E-state index contributed by atoms with van der Waals surface area (Å²) in [7, 11) is 0.